The number of rotatable bonds is 8. The number of carbonyl (C=O) groups is 1. The van der Waals surface area contributed by atoms with Crippen LogP contribution in [0.4, 0.5) is 0 Å². The molecule has 1 aromatic rings. The third kappa shape index (κ3) is 5.32. The van der Waals surface area contributed by atoms with Gasteiger partial charge in [0.2, 0.25) is 0 Å². The van der Waals surface area contributed by atoms with Crippen molar-refractivity contribution >= 4 is 5.97 Å². The summed E-state index contributed by atoms with van der Waals surface area (Å²) in [7, 11) is 3.01. The second-order valence-corrected chi connectivity index (χ2v) is 6.82. The molecule has 0 heterocycles. The van der Waals surface area contributed by atoms with Gasteiger partial charge < -0.3 is 14.8 Å². The summed E-state index contributed by atoms with van der Waals surface area (Å²) in [5.74, 6) is 0.354. The van der Waals surface area contributed by atoms with Crippen LogP contribution in [0.3, 0.4) is 0 Å². The first kappa shape index (κ1) is 18.9. The second-order valence-electron chi connectivity index (χ2n) is 6.82. The van der Waals surface area contributed by atoms with Crippen molar-refractivity contribution in [2.24, 2.45) is 5.92 Å². The average Bonchev–Trinajstić information content (AvgIpc) is 2.63. The fourth-order valence-corrected chi connectivity index (χ4v) is 3.76. The van der Waals surface area contributed by atoms with E-state index in [2.05, 4.69) is 24.4 Å². The quantitative estimate of drug-likeness (QED) is 0.734. The maximum absolute atomic E-state index is 12.2. The van der Waals surface area contributed by atoms with Crippen molar-refractivity contribution in [2.45, 2.75) is 63.6 Å². The molecule has 24 heavy (non-hydrogen) atoms. The summed E-state index contributed by atoms with van der Waals surface area (Å²) < 4.78 is 10.5. The van der Waals surface area contributed by atoms with Crippen LogP contribution < -0.4 is 5.32 Å². The number of hydrogen-bond donors (Lipinski definition) is 1. The van der Waals surface area contributed by atoms with E-state index in [0.29, 0.717) is 5.92 Å². The van der Waals surface area contributed by atoms with E-state index in [1.807, 2.05) is 18.2 Å². The van der Waals surface area contributed by atoms with Crippen LogP contribution in [0.25, 0.3) is 0 Å². The van der Waals surface area contributed by atoms with E-state index in [0.717, 1.165) is 6.42 Å². The van der Waals surface area contributed by atoms with E-state index in [1.165, 1.54) is 44.8 Å². The summed E-state index contributed by atoms with van der Waals surface area (Å²) >= 11 is 0. The normalized spacial score (nSPS) is 19.5. The zero-order chi connectivity index (χ0) is 17.4. The molecular weight excluding hydrogens is 302 g/mol. The molecule has 134 valence electrons. The molecule has 3 atom stereocenters. The SMILES string of the molecule is COC(=O)[C@H](OC)[C@H](CC1CCCCC1)N[C@@H](C)c1ccccc1. The Hall–Kier alpha value is -1.39. The van der Waals surface area contributed by atoms with E-state index in [-0.39, 0.29) is 18.1 Å². The predicted molar refractivity (Wildman–Crippen MR) is 95.8 cm³/mol. The van der Waals surface area contributed by atoms with Gasteiger partial charge in [-0.25, -0.2) is 4.79 Å². The molecule has 1 fully saturated rings. The molecule has 0 aliphatic heterocycles. The van der Waals surface area contributed by atoms with E-state index in [4.69, 9.17) is 9.47 Å². The fourth-order valence-electron chi connectivity index (χ4n) is 3.76. The van der Waals surface area contributed by atoms with Gasteiger partial charge in [-0.15, -0.1) is 0 Å². The van der Waals surface area contributed by atoms with Crippen LogP contribution in [0.5, 0.6) is 0 Å². The van der Waals surface area contributed by atoms with Crippen molar-refractivity contribution in [1.82, 2.24) is 5.32 Å². The molecular formula is C20H31NO3. The number of nitrogens with one attached hydrogen (secondary N) is 1. The Kier molecular flexibility index (Phi) is 7.73. The lowest BCUT2D eigenvalue weighted by atomic mass is 9.83. The van der Waals surface area contributed by atoms with Crippen LogP contribution >= 0.6 is 0 Å². The number of benzene rings is 1. The largest absolute Gasteiger partial charge is 0.467 e. The smallest absolute Gasteiger partial charge is 0.336 e. The minimum absolute atomic E-state index is 0.0410. The number of ether oxygens (including phenoxy) is 2. The van der Waals surface area contributed by atoms with Crippen molar-refractivity contribution in [1.29, 1.82) is 0 Å². The average molecular weight is 333 g/mol. The summed E-state index contributed by atoms with van der Waals surface area (Å²) in [6, 6.07) is 10.4. The lowest BCUT2D eigenvalue weighted by molar-refractivity contribution is -0.154. The van der Waals surface area contributed by atoms with Crippen molar-refractivity contribution in [2.75, 3.05) is 14.2 Å². The van der Waals surface area contributed by atoms with Crippen LogP contribution in [0, 0.1) is 5.92 Å². The Morgan fingerprint density at radius 1 is 1.17 bits per heavy atom. The van der Waals surface area contributed by atoms with Crippen LogP contribution in [0.15, 0.2) is 30.3 Å². The van der Waals surface area contributed by atoms with Gasteiger partial charge >= 0.3 is 5.97 Å². The van der Waals surface area contributed by atoms with Crippen molar-refractivity contribution in [3.8, 4) is 0 Å². The van der Waals surface area contributed by atoms with Crippen LogP contribution in [0.1, 0.15) is 57.1 Å². The van der Waals surface area contributed by atoms with Crippen LogP contribution in [0.2, 0.25) is 0 Å². The van der Waals surface area contributed by atoms with E-state index in [1.54, 1.807) is 7.11 Å². The first-order chi connectivity index (χ1) is 11.7. The molecule has 1 saturated carbocycles. The molecule has 1 aliphatic carbocycles. The Morgan fingerprint density at radius 2 is 1.83 bits per heavy atom. The molecule has 0 unspecified atom stereocenters. The minimum Gasteiger partial charge on any atom is -0.467 e. The molecule has 0 bridgehead atoms. The molecule has 1 N–H and O–H groups in total. The first-order valence-corrected chi connectivity index (χ1v) is 9.07. The van der Waals surface area contributed by atoms with Crippen molar-refractivity contribution in [3.63, 3.8) is 0 Å². The highest BCUT2D eigenvalue weighted by atomic mass is 16.6. The fraction of sp³-hybridized carbons (Fsp3) is 0.650. The summed E-state index contributed by atoms with van der Waals surface area (Å²) in [6.07, 6.45) is 6.79. The minimum atomic E-state index is -0.567. The maximum atomic E-state index is 12.2. The van der Waals surface area contributed by atoms with Gasteiger partial charge in [0.25, 0.3) is 0 Å². The lowest BCUT2D eigenvalue weighted by Crippen LogP contribution is -2.48. The van der Waals surface area contributed by atoms with Crippen LogP contribution in [-0.4, -0.2) is 32.3 Å². The van der Waals surface area contributed by atoms with E-state index in [9.17, 15) is 4.79 Å². The molecule has 4 heteroatoms. The molecule has 0 spiro atoms. The molecule has 0 aromatic heterocycles. The van der Waals surface area contributed by atoms with Gasteiger partial charge in [0.15, 0.2) is 6.10 Å². The summed E-state index contributed by atoms with van der Waals surface area (Å²) in [5, 5.41) is 3.62. The monoisotopic (exact) mass is 333 g/mol. The number of esters is 1. The molecule has 4 nitrogen and oxygen atoms in total. The van der Waals surface area contributed by atoms with Gasteiger partial charge in [-0.3, -0.25) is 0 Å². The third-order valence-corrected chi connectivity index (χ3v) is 5.13. The predicted octanol–water partition coefficient (Wildman–Crippen LogP) is 3.86. The summed E-state index contributed by atoms with van der Waals surface area (Å²) in [5.41, 5.74) is 1.21. The van der Waals surface area contributed by atoms with Gasteiger partial charge in [-0.1, -0.05) is 62.4 Å². The molecule has 1 aliphatic rings. The Morgan fingerprint density at radius 3 is 2.42 bits per heavy atom. The third-order valence-electron chi connectivity index (χ3n) is 5.13. The Bertz CT molecular complexity index is 485. The zero-order valence-electron chi connectivity index (χ0n) is 15.2. The highest BCUT2D eigenvalue weighted by Crippen LogP contribution is 2.29. The van der Waals surface area contributed by atoms with Crippen molar-refractivity contribution in [3.05, 3.63) is 35.9 Å². The number of hydrogen-bond acceptors (Lipinski definition) is 4. The first-order valence-electron chi connectivity index (χ1n) is 9.07. The molecule has 0 amide bonds. The Labute approximate surface area is 145 Å². The molecule has 2 rings (SSSR count). The maximum Gasteiger partial charge on any atom is 0.336 e. The zero-order valence-corrected chi connectivity index (χ0v) is 15.2. The molecule has 0 radical (unpaired) electrons. The molecule has 1 aromatic carbocycles. The molecule has 0 saturated heterocycles. The number of carbonyl (C=O) groups excluding carboxylic acids is 1. The standard InChI is InChI=1S/C20H31NO3/c1-15(17-12-8-5-9-13-17)21-18(19(23-2)20(22)24-3)14-16-10-6-4-7-11-16/h5,8-9,12-13,15-16,18-19,21H,4,6-7,10-11,14H2,1-3H3/t15-,18-,19+/m0/s1. The van der Waals surface area contributed by atoms with E-state index < -0.39 is 6.10 Å². The van der Waals surface area contributed by atoms with Gasteiger partial charge in [-0.05, 0) is 24.8 Å². The topological polar surface area (TPSA) is 47.6 Å². The number of methoxy groups -OCH3 is 2. The van der Waals surface area contributed by atoms with E-state index >= 15 is 0 Å². The summed E-state index contributed by atoms with van der Waals surface area (Å²) in [6.45, 7) is 2.13. The van der Waals surface area contributed by atoms with Gasteiger partial charge in [0, 0.05) is 19.2 Å². The lowest BCUT2D eigenvalue weighted by Gasteiger charge is -2.32. The van der Waals surface area contributed by atoms with Gasteiger partial charge in [0.1, 0.15) is 0 Å². The highest BCUT2D eigenvalue weighted by Gasteiger charge is 2.32. The van der Waals surface area contributed by atoms with Gasteiger partial charge in [0.05, 0.1) is 7.11 Å². The Balaban J connectivity index is 2.09. The second kappa shape index (κ2) is 9.80. The van der Waals surface area contributed by atoms with Crippen LogP contribution in [-0.2, 0) is 14.3 Å². The van der Waals surface area contributed by atoms with Gasteiger partial charge in [-0.2, -0.15) is 0 Å². The highest BCUT2D eigenvalue weighted by molar-refractivity contribution is 5.75. The van der Waals surface area contributed by atoms with Crippen molar-refractivity contribution < 1.29 is 14.3 Å². The summed E-state index contributed by atoms with van der Waals surface area (Å²) in [4.78, 5) is 12.2.